The second-order valence-corrected chi connectivity index (χ2v) is 5.35. The molecule has 2 N–H and O–H groups in total. The lowest BCUT2D eigenvalue weighted by Gasteiger charge is -2.14. The van der Waals surface area contributed by atoms with Crippen LogP contribution in [0.5, 0.6) is 0 Å². The summed E-state index contributed by atoms with van der Waals surface area (Å²) in [5, 5.41) is 0. The van der Waals surface area contributed by atoms with Crippen molar-refractivity contribution in [1.82, 2.24) is 0 Å². The topological polar surface area (TPSA) is 35.2 Å². The molecule has 0 aliphatic rings. The van der Waals surface area contributed by atoms with Crippen LogP contribution in [-0.4, -0.2) is 13.2 Å². The molecule has 0 heterocycles. The van der Waals surface area contributed by atoms with E-state index in [0.717, 1.165) is 32.5 Å². The Bertz CT molecular complexity index is 336. The number of nitrogens with two attached hydrogens (primary N) is 1. The van der Waals surface area contributed by atoms with E-state index in [0.29, 0.717) is 5.92 Å². The van der Waals surface area contributed by atoms with Crippen molar-refractivity contribution in [3.05, 3.63) is 35.4 Å². The van der Waals surface area contributed by atoms with Crippen LogP contribution in [0.1, 0.15) is 50.8 Å². The molecule has 0 aliphatic heterocycles. The first-order valence-corrected chi connectivity index (χ1v) is 7.05. The average molecular weight is 249 g/mol. The highest BCUT2D eigenvalue weighted by Crippen LogP contribution is 2.17. The summed E-state index contributed by atoms with van der Waals surface area (Å²) in [5.41, 5.74) is 8.81. The highest BCUT2D eigenvalue weighted by atomic mass is 16.5. The van der Waals surface area contributed by atoms with Gasteiger partial charge in [-0.15, -0.1) is 0 Å². The highest BCUT2D eigenvalue weighted by Gasteiger charge is 2.07. The van der Waals surface area contributed by atoms with Gasteiger partial charge in [0, 0.05) is 19.3 Å². The van der Waals surface area contributed by atoms with Crippen molar-refractivity contribution in [2.24, 2.45) is 11.7 Å². The van der Waals surface area contributed by atoms with Crippen molar-refractivity contribution < 1.29 is 4.74 Å². The minimum atomic E-state index is 0.0916. The second kappa shape index (κ2) is 8.28. The Morgan fingerprint density at radius 2 is 2.00 bits per heavy atom. The maximum absolute atomic E-state index is 6.20. The summed E-state index contributed by atoms with van der Waals surface area (Å²) in [6, 6.07) is 8.75. The normalized spacial score (nSPS) is 12.9. The Kier molecular flexibility index (Phi) is 6.99. The van der Waals surface area contributed by atoms with Gasteiger partial charge in [0.25, 0.3) is 0 Å². The molecule has 1 rings (SSSR count). The number of hydrogen-bond donors (Lipinski definition) is 1. The summed E-state index contributed by atoms with van der Waals surface area (Å²) in [6.45, 7) is 8.19. The van der Waals surface area contributed by atoms with Crippen LogP contribution in [0, 0.1) is 5.92 Å². The van der Waals surface area contributed by atoms with Gasteiger partial charge in [-0.3, -0.25) is 0 Å². The van der Waals surface area contributed by atoms with Crippen molar-refractivity contribution in [3.8, 4) is 0 Å². The number of ether oxygens (including phenoxy) is 1. The third-order valence-corrected chi connectivity index (χ3v) is 2.94. The zero-order valence-corrected chi connectivity index (χ0v) is 12.0. The monoisotopic (exact) mass is 249 g/mol. The Labute approximate surface area is 112 Å². The molecule has 0 spiro atoms. The average Bonchev–Trinajstić information content (AvgIpc) is 2.34. The van der Waals surface area contributed by atoms with Crippen LogP contribution in [0.15, 0.2) is 24.3 Å². The Balaban J connectivity index is 2.48. The second-order valence-electron chi connectivity index (χ2n) is 5.35. The van der Waals surface area contributed by atoms with E-state index >= 15 is 0 Å². The standard InChI is InChI=1S/C16H27NO/c1-4-9-18-10-8-16(17)15-7-5-6-14(12-15)11-13(2)3/h5-7,12-13,16H,4,8-11,17H2,1-3H3. The van der Waals surface area contributed by atoms with Crippen LogP contribution < -0.4 is 5.73 Å². The van der Waals surface area contributed by atoms with E-state index in [1.165, 1.54) is 11.1 Å². The Morgan fingerprint density at radius 3 is 2.67 bits per heavy atom. The van der Waals surface area contributed by atoms with E-state index in [2.05, 4.69) is 45.0 Å². The lowest BCUT2D eigenvalue weighted by molar-refractivity contribution is 0.128. The van der Waals surface area contributed by atoms with Gasteiger partial charge >= 0.3 is 0 Å². The maximum atomic E-state index is 6.20. The maximum Gasteiger partial charge on any atom is 0.0484 e. The van der Waals surface area contributed by atoms with Gasteiger partial charge < -0.3 is 10.5 Å². The van der Waals surface area contributed by atoms with Gasteiger partial charge in [0.2, 0.25) is 0 Å². The Morgan fingerprint density at radius 1 is 1.22 bits per heavy atom. The largest absolute Gasteiger partial charge is 0.381 e. The fraction of sp³-hybridized carbons (Fsp3) is 0.625. The predicted octanol–water partition coefficient (Wildman–Crippen LogP) is 3.70. The van der Waals surface area contributed by atoms with Crippen LogP contribution in [-0.2, 0) is 11.2 Å². The highest BCUT2D eigenvalue weighted by molar-refractivity contribution is 5.26. The summed E-state index contributed by atoms with van der Waals surface area (Å²) in [4.78, 5) is 0. The number of benzene rings is 1. The molecule has 2 nitrogen and oxygen atoms in total. The van der Waals surface area contributed by atoms with Gasteiger partial charge in [-0.1, -0.05) is 45.0 Å². The van der Waals surface area contributed by atoms with Gasteiger partial charge in [0.05, 0.1) is 0 Å². The molecule has 0 saturated carbocycles. The van der Waals surface area contributed by atoms with Gasteiger partial charge in [-0.25, -0.2) is 0 Å². The van der Waals surface area contributed by atoms with Gasteiger partial charge in [0.1, 0.15) is 0 Å². The predicted molar refractivity (Wildman–Crippen MR) is 77.6 cm³/mol. The lowest BCUT2D eigenvalue weighted by atomic mass is 9.97. The molecule has 0 amide bonds. The molecule has 0 bridgehead atoms. The van der Waals surface area contributed by atoms with E-state index in [4.69, 9.17) is 10.5 Å². The molecule has 1 atom stereocenters. The van der Waals surface area contributed by atoms with Crippen molar-refractivity contribution >= 4 is 0 Å². The zero-order chi connectivity index (χ0) is 13.4. The van der Waals surface area contributed by atoms with E-state index in [1.807, 2.05) is 0 Å². The van der Waals surface area contributed by atoms with Crippen molar-refractivity contribution in [2.45, 2.75) is 46.1 Å². The first-order valence-electron chi connectivity index (χ1n) is 7.05. The van der Waals surface area contributed by atoms with Crippen molar-refractivity contribution in [2.75, 3.05) is 13.2 Å². The van der Waals surface area contributed by atoms with E-state index in [9.17, 15) is 0 Å². The van der Waals surface area contributed by atoms with E-state index in [1.54, 1.807) is 0 Å². The fourth-order valence-corrected chi connectivity index (χ4v) is 2.05. The van der Waals surface area contributed by atoms with Crippen LogP contribution in [0.4, 0.5) is 0 Å². The van der Waals surface area contributed by atoms with Crippen LogP contribution in [0.2, 0.25) is 0 Å². The molecule has 1 aromatic carbocycles. The minimum Gasteiger partial charge on any atom is -0.381 e. The quantitative estimate of drug-likeness (QED) is 0.713. The molecule has 102 valence electrons. The molecule has 1 unspecified atom stereocenters. The van der Waals surface area contributed by atoms with Crippen molar-refractivity contribution in [3.63, 3.8) is 0 Å². The SMILES string of the molecule is CCCOCCC(N)c1cccc(CC(C)C)c1. The Hall–Kier alpha value is -0.860. The number of hydrogen-bond acceptors (Lipinski definition) is 2. The molecule has 18 heavy (non-hydrogen) atoms. The van der Waals surface area contributed by atoms with E-state index in [-0.39, 0.29) is 6.04 Å². The lowest BCUT2D eigenvalue weighted by Crippen LogP contribution is -2.13. The van der Waals surface area contributed by atoms with Crippen LogP contribution in [0.25, 0.3) is 0 Å². The molecular formula is C16H27NO. The fourth-order valence-electron chi connectivity index (χ4n) is 2.05. The summed E-state index contributed by atoms with van der Waals surface area (Å²) in [6.07, 6.45) is 3.08. The molecule has 2 heteroatoms. The summed E-state index contributed by atoms with van der Waals surface area (Å²) in [5.74, 6) is 0.685. The zero-order valence-electron chi connectivity index (χ0n) is 12.0. The van der Waals surface area contributed by atoms with Crippen molar-refractivity contribution in [1.29, 1.82) is 0 Å². The van der Waals surface area contributed by atoms with E-state index < -0.39 is 0 Å². The molecule has 0 aromatic heterocycles. The van der Waals surface area contributed by atoms with Crippen LogP contribution in [0.3, 0.4) is 0 Å². The molecule has 0 fully saturated rings. The minimum absolute atomic E-state index is 0.0916. The summed E-state index contributed by atoms with van der Waals surface area (Å²) < 4.78 is 5.49. The van der Waals surface area contributed by atoms with Gasteiger partial charge in [0.15, 0.2) is 0 Å². The van der Waals surface area contributed by atoms with Crippen LogP contribution >= 0.6 is 0 Å². The molecule has 1 aromatic rings. The van der Waals surface area contributed by atoms with Gasteiger partial charge in [-0.2, -0.15) is 0 Å². The third kappa shape index (κ3) is 5.65. The third-order valence-electron chi connectivity index (χ3n) is 2.94. The summed E-state index contributed by atoms with van der Waals surface area (Å²) in [7, 11) is 0. The number of rotatable bonds is 8. The van der Waals surface area contributed by atoms with Gasteiger partial charge in [-0.05, 0) is 36.3 Å². The molecular weight excluding hydrogens is 222 g/mol. The molecule has 0 radical (unpaired) electrons. The summed E-state index contributed by atoms with van der Waals surface area (Å²) >= 11 is 0. The first kappa shape index (κ1) is 15.2. The molecule has 0 saturated heterocycles. The molecule has 0 aliphatic carbocycles. The smallest absolute Gasteiger partial charge is 0.0484 e. The first-order chi connectivity index (χ1) is 8.63.